The summed E-state index contributed by atoms with van der Waals surface area (Å²) in [4.78, 5) is 28.1. The molecule has 0 radical (unpaired) electrons. The number of anilines is 1. The number of nitrogens with one attached hydrogen (secondary N) is 1. The zero-order valence-corrected chi connectivity index (χ0v) is 35.1. The van der Waals surface area contributed by atoms with Crippen LogP contribution in [0.3, 0.4) is 0 Å². The summed E-state index contributed by atoms with van der Waals surface area (Å²) >= 11 is 0. The molecule has 3 aromatic rings. The molecule has 0 atom stereocenters. The maximum atomic E-state index is 13.2. The Hall–Kier alpha value is -2.51. The van der Waals surface area contributed by atoms with E-state index in [1.165, 1.54) is 148 Å². The van der Waals surface area contributed by atoms with Crippen molar-refractivity contribution in [3.8, 4) is 0 Å². The summed E-state index contributed by atoms with van der Waals surface area (Å²) in [5, 5.41) is 4.22. The third-order valence-corrected chi connectivity index (χ3v) is 11.0. The zero-order chi connectivity index (χ0) is 37.9. The van der Waals surface area contributed by atoms with Crippen LogP contribution in [0.15, 0.2) is 30.6 Å². The van der Waals surface area contributed by atoms with Crippen molar-refractivity contribution in [2.45, 2.75) is 182 Å². The van der Waals surface area contributed by atoms with E-state index in [-0.39, 0.29) is 5.91 Å². The largest absolute Gasteiger partial charge is 0.330 e. The standard InChI is InChI=1S/C46H80N6O/c1-6-9-11-13-15-17-19-25-33-50(8-3)34-28-29-37-51(35-26-20-18-16-14-12-10-7-2)36-27-21-22-32-43(53)49-46-44-45(52(39-47-44)38-40(4)5)41-30-23-24-31-42(41)48-46/h23-24,30-31,39-40H,6-22,25-29,32-38H2,1-5H3,(H,48,49,53). The maximum Gasteiger partial charge on any atom is 0.225 e. The van der Waals surface area contributed by atoms with Crippen LogP contribution in [0.5, 0.6) is 0 Å². The predicted octanol–water partition coefficient (Wildman–Crippen LogP) is 12.4. The van der Waals surface area contributed by atoms with E-state index in [1.54, 1.807) is 0 Å². The number of carbonyl (C=O) groups is 1. The van der Waals surface area contributed by atoms with Crippen molar-refractivity contribution in [3.63, 3.8) is 0 Å². The van der Waals surface area contributed by atoms with Crippen LogP contribution in [0.2, 0.25) is 0 Å². The SMILES string of the molecule is CCCCCCCCCCN(CC)CCCCN(CCCCCCCCCC)CCCCCC(=O)Nc1nc2ccccc2c2c1ncn2CC(C)C. The lowest BCUT2D eigenvalue weighted by atomic mass is 10.1. The topological polar surface area (TPSA) is 66.3 Å². The minimum absolute atomic E-state index is 0.0377. The van der Waals surface area contributed by atoms with Crippen molar-refractivity contribution in [3.05, 3.63) is 30.6 Å². The van der Waals surface area contributed by atoms with E-state index in [4.69, 9.17) is 9.97 Å². The van der Waals surface area contributed by atoms with Gasteiger partial charge >= 0.3 is 0 Å². The van der Waals surface area contributed by atoms with Gasteiger partial charge in [0.2, 0.25) is 5.91 Å². The lowest BCUT2D eigenvalue weighted by Gasteiger charge is -2.24. The van der Waals surface area contributed by atoms with Gasteiger partial charge in [-0.3, -0.25) is 4.79 Å². The highest BCUT2D eigenvalue weighted by Gasteiger charge is 2.16. The second kappa shape index (κ2) is 28.0. The number of rotatable bonds is 33. The molecule has 0 aliphatic carbocycles. The molecule has 0 spiro atoms. The van der Waals surface area contributed by atoms with Crippen LogP contribution in [-0.4, -0.2) is 69.5 Å². The van der Waals surface area contributed by atoms with Crippen molar-refractivity contribution < 1.29 is 4.79 Å². The average molecular weight is 733 g/mol. The number of hydrogen-bond acceptors (Lipinski definition) is 5. The van der Waals surface area contributed by atoms with Gasteiger partial charge in [-0.1, -0.05) is 149 Å². The molecule has 0 aliphatic rings. The molecule has 0 aliphatic heterocycles. The summed E-state index contributed by atoms with van der Waals surface area (Å²) < 4.78 is 2.21. The lowest BCUT2D eigenvalue weighted by molar-refractivity contribution is -0.116. The van der Waals surface area contributed by atoms with Gasteiger partial charge in [-0.2, -0.15) is 0 Å². The predicted molar refractivity (Wildman–Crippen MR) is 230 cm³/mol. The van der Waals surface area contributed by atoms with Crippen LogP contribution in [-0.2, 0) is 11.3 Å². The Morgan fingerprint density at radius 1 is 0.660 bits per heavy atom. The van der Waals surface area contributed by atoms with Crippen molar-refractivity contribution in [2.75, 3.05) is 44.6 Å². The van der Waals surface area contributed by atoms with Gasteiger partial charge in [-0.05, 0) is 89.8 Å². The molecular weight excluding hydrogens is 653 g/mol. The van der Waals surface area contributed by atoms with Crippen LogP contribution in [0.4, 0.5) is 5.82 Å². The van der Waals surface area contributed by atoms with Crippen molar-refractivity contribution in [2.24, 2.45) is 5.92 Å². The molecule has 1 aromatic carbocycles. The first-order valence-electron chi connectivity index (χ1n) is 22.4. The van der Waals surface area contributed by atoms with Gasteiger partial charge in [0.1, 0.15) is 5.52 Å². The lowest BCUT2D eigenvalue weighted by Crippen LogP contribution is -2.29. The third kappa shape index (κ3) is 18.1. The minimum atomic E-state index is 0.0377. The van der Waals surface area contributed by atoms with E-state index in [2.05, 4.69) is 60.4 Å². The third-order valence-electron chi connectivity index (χ3n) is 11.0. The summed E-state index contributed by atoms with van der Waals surface area (Å²) in [5.74, 6) is 1.12. The normalized spacial score (nSPS) is 12.0. The fourth-order valence-corrected chi connectivity index (χ4v) is 7.77. The van der Waals surface area contributed by atoms with Crippen LogP contribution in [0.25, 0.3) is 21.9 Å². The fourth-order valence-electron chi connectivity index (χ4n) is 7.77. The summed E-state index contributed by atoms with van der Waals surface area (Å²) in [6.45, 7) is 19.5. The van der Waals surface area contributed by atoms with E-state index in [0.29, 0.717) is 18.2 Å². The highest BCUT2D eigenvalue weighted by Crippen LogP contribution is 2.29. The molecule has 7 nitrogen and oxygen atoms in total. The van der Waals surface area contributed by atoms with Gasteiger partial charge in [-0.15, -0.1) is 0 Å². The van der Waals surface area contributed by atoms with Crippen LogP contribution in [0.1, 0.15) is 176 Å². The fraction of sp³-hybridized carbons (Fsp3) is 0.761. The summed E-state index contributed by atoms with van der Waals surface area (Å²) in [7, 11) is 0. The number of amides is 1. The van der Waals surface area contributed by atoms with E-state index < -0.39 is 0 Å². The number of hydrogen-bond donors (Lipinski definition) is 1. The highest BCUT2D eigenvalue weighted by molar-refractivity contribution is 6.09. The second-order valence-corrected chi connectivity index (χ2v) is 16.3. The molecule has 2 heterocycles. The van der Waals surface area contributed by atoms with Gasteiger partial charge in [0.25, 0.3) is 0 Å². The number of imidazole rings is 1. The molecule has 0 fully saturated rings. The Morgan fingerprint density at radius 3 is 1.70 bits per heavy atom. The minimum Gasteiger partial charge on any atom is -0.330 e. The van der Waals surface area contributed by atoms with Crippen LogP contribution < -0.4 is 5.32 Å². The first kappa shape index (κ1) is 44.9. The number of para-hydroxylation sites is 1. The highest BCUT2D eigenvalue weighted by atomic mass is 16.1. The van der Waals surface area contributed by atoms with Gasteiger partial charge < -0.3 is 19.7 Å². The van der Waals surface area contributed by atoms with Gasteiger partial charge in [0, 0.05) is 18.4 Å². The Balaban J connectivity index is 1.41. The summed E-state index contributed by atoms with van der Waals surface area (Å²) in [6.07, 6.45) is 30.3. The summed E-state index contributed by atoms with van der Waals surface area (Å²) in [6, 6.07) is 8.18. The van der Waals surface area contributed by atoms with Crippen LogP contribution in [0, 0.1) is 5.92 Å². The molecule has 2 aromatic heterocycles. The monoisotopic (exact) mass is 733 g/mol. The Bertz CT molecular complexity index is 1370. The molecule has 0 saturated carbocycles. The van der Waals surface area contributed by atoms with Gasteiger partial charge in [-0.25, -0.2) is 9.97 Å². The van der Waals surface area contributed by atoms with E-state index >= 15 is 0 Å². The number of unbranched alkanes of at least 4 members (excludes halogenated alkanes) is 17. The number of carbonyl (C=O) groups excluding carboxylic acids is 1. The number of fused-ring (bicyclic) bond motifs is 3. The number of nitrogens with zero attached hydrogens (tertiary/aromatic N) is 5. The molecule has 1 amide bonds. The Labute approximate surface area is 325 Å². The number of pyridine rings is 1. The molecule has 0 saturated heterocycles. The van der Waals surface area contributed by atoms with Crippen molar-refractivity contribution in [1.29, 1.82) is 0 Å². The van der Waals surface area contributed by atoms with Gasteiger partial charge in [0.05, 0.1) is 17.4 Å². The Morgan fingerprint density at radius 2 is 1.15 bits per heavy atom. The molecule has 3 rings (SSSR count). The molecular formula is C46H80N6O. The molecule has 0 bridgehead atoms. The summed E-state index contributed by atoms with van der Waals surface area (Å²) in [5.41, 5.74) is 2.73. The van der Waals surface area contributed by atoms with E-state index in [9.17, 15) is 4.79 Å². The van der Waals surface area contributed by atoms with Crippen LogP contribution >= 0.6 is 0 Å². The molecule has 7 heteroatoms. The van der Waals surface area contributed by atoms with Gasteiger partial charge in [0.15, 0.2) is 5.82 Å². The molecule has 53 heavy (non-hydrogen) atoms. The maximum absolute atomic E-state index is 13.2. The zero-order valence-electron chi connectivity index (χ0n) is 35.1. The average Bonchev–Trinajstić information content (AvgIpc) is 3.57. The smallest absolute Gasteiger partial charge is 0.225 e. The molecule has 300 valence electrons. The number of benzene rings is 1. The first-order valence-corrected chi connectivity index (χ1v) is 22.4. The second-order valence-electron chi connectivity index (χ2n) is 16.3. The van der Waals surface area contributed by atoms with Crippen molar-refractivity contribution in [1.82, 2.24) is 24.3 Å². The molecule has 0 unspecified atom stereocenters. The number of aromatic nitrogens is 3. The first-order chi connectivity index (χ1) is 26.0. The molecule has 1 N–H and O–H groups in total. The van der Waals surface area contributed by atoms with E-state index in [1.807, 2.05) is 24.5 Å². The van der Waals surface area contributed by atoms with E-state index in [0.717, 1.165) is 54.3 Å². The van der Waals surface area contributed by atoms with Crippen molar-refractivity contribution >= 4 is 33.7 Å². The quantitative estimate of drug-likeness (QED) is 0.0632. The Kier molecular flexibility index (Phi) is 23.7.